The van der Waals surface area contributed by atoms with E-state index in [0.717, 1.165) is 0 Å². The van der Waals surface area contributed by atoms with Crippen LogP contribution in [0.15, 0.2) is 0 Å². The molecule has 0 amide bonds. The highest BCUT2D eigenvalue weighted by molar-refractivity contribution is 4.65. The van der Waals surface area contributed by atoms with E-state index in [2.05, 4.69) is 9.47 Å². The van der Waals surface area contributed by atoms with E-state index in [1.54, 1.807) is 0 Å². The Morgan fingerprint density at radius 3 is 2.00 bits per heavy atom. The summed E-state index contributed by atoms with van der Waals surface area (Å²) in [7, 11) is 2.76. The minimum atomic E-state index is -2.53. The van der Waals surface area contributed by atoms with E-state index in [-0.39, 0.29) is 6.42 Å². The third-order valence-corrected chi connectivity index (χ3v) is 1.31. The average Bonchev–Trinajstić information content (AvgIpc) is 1.99. The smallest absolute Gasteiger partial charge is 0.253 e. The van der Waals surface area contributed by atoms with Gasteiger partial charge in [-0.05, 0) is 0 Å². The predicted octanol–water partition coefficient (Wildman–Crippen LogP) is 0.588. The fourth-order valence-corrected chi connectivity index (χ4v) is 0.614. The van der Waals surface area contributed by atoms with Crippen molar-refractivity contribution in [3.63, 3.8) is 0 Å². The Morgan fingerprint density at radius 1 is 1.27 bits per heavy atom. The standard InChI is InChI=1S/C6H13F2NO2/c1-10-5(11-2)3-4(9)6(7)8/h4-6H,3,9H2,1-2H3. The molecule has 0 aromatic carbocycles. The van der Waals surface area contributed by atoms with Crippen LogP contribution in [0.1, 0.15) is 6.42 Å². The molecule has 0 aromatic rings. The lowest BCUT2D eigenvalue weighted by Gasteiger charge is -2.17. The van der Waals surface area contributed by atoms with Gasteiger partial charge in [0, 0.05) is 20.6 Å². The van der Waals surface area contributed by atoms with Crippen LogP contribution in [0.4, 0.5) is 8.78 Å². The number of halogens is 2. The van der Waals surface area contributed by atoms with Gasteiger partial charge in [-0.3, -0.25) is 0 Å². The maximum absolute atomic E-state index is 11.8. The quantitative estimate of drug-likeness (QED) is 0.612. The molecule has 11 heavy (non-hydrogen) atoms. The van der Waals surface area contributed by atoms with E-state index in [1.807, 2.05) is 0 Å². The van der Waals surface area contributed by atoms with Crippen molar-refractivity contribution in [2.24, 2.45) is 5.73 Å². The molecular formula is C6H13F2NO2. The summed E-state index contributed by atoms with van der Waals surface area (Å²) in [6.07, 6.45) is -3.16. The maximum atomic E-state index is 11.8. The van der Waals surface area contributed by atoms with Crippen LogP contribution in [0.2, 0.25) is 0 Å². The van der Waals surface area contributed by atoms with Crippen LogP contribution in [0, 0.1) is 0 Å². The minimum Gasteiger partial charge on any atom is -0.356 e. The lowest BCUT2D eigenvalue weighted by atomic mass is 10.2. The molecule has 0 rings (SSSR count). The van der Waals surface area contributed by atoms with E-state index in [0.29, 0.717) is 0 Å². The Labute approximate surface area is 64.5 Å². The lowest BCUT2D eigenvalue weighted by Crippen LogP contribution is -2.34. The van der Waals surface area contributed by atoms with Crippen LogP contribution in [-0.4, -0.2) is 33.0 Å². The number of nitrogens with two attached hydrogens (primary N) is 1. The van der Waals surface area contributed by atoms with Gasteiger partial charge in [-0.15, -0.1) is 0 Å². The van der Waals surface area contributed by atoms with Crippen LogP contribution in [-0.2, 0) is 9.47 Å². The van der Waals surface area contributed by atoms with Gasteiger partial charge in [0.15, 0.2) is 6.29 Å². The summed E-state index contributed by atoms with van der Waals surface area (Å²) >= 11 is 0. The molecule has 0 aliphatic heterocycles. The molecule has 3 nitrogen and oxygen atoms in total. The number of methoxy groups -OCH3 is 2. The molecule has 5 heteroatoms. The highest BCUT2D eigenvalue weighted by Crippen LogP contribution is 2.07. The summed E-state index contributed by atoms with van der Waals surface area (Å²) in [6.45, 7) is 0. The summed E-state index contributed by atoms with van der Waals surface area (Å²) in [5.41, 5.74) is 5.06. The second-order valence-electron chi connectivity index (χ2n) is 2.13. The first-order chi connectivity index (χ1) is 5.11. The first kappa shape index (κ1) is 10.7. The zero-order chi connectivity index (χ0) is 8.85. The Balaban J connectivity index is 3.62. The summed E-state index contributed by atoms with van der Waals surface area (Å²) in [6, 6.07) is -1.18. The first-order valence-electron chi connectivity index (χ1n) is 3.21. The molecule has 0 aliphatic rings. The van der Waals surface area contributed by atoms with Crippen LogP contribution in [0.25, 0.3) is 0 Å². The Bertz CT molecular complexity index is 98.6. The molecule has 1 atom stereocenters. The van der Waals surface area contributed by atoms with E-state index in [1.165, 1.54) is 14.2 Å². The van der Waals surface area contributed by atoms with Crippen LogP contribution >= 0.6 is 0 Å². The second-order valence-corrected chi connectivity index (χ2v) is 2.13. The van der Waals surface area contributed by atoms with E-state index >= 15 is 0 Å². The summed E-state index contributed by atoms with van der Waals surface area (Å²) in [5, 5.41) is 0. The van der Waals surface area contributed by atoms with Crippen molar-refractivity contribution in [1.82, 2.24) is 0 Å². The topological polar surface area (TPSA) is 44.5 Å². The third-order valence-electron chi connectivity index (χ3n) is 1.31. The zero-order valence-corrected chi connectivity index (χ0v) is 6.59. The molecule has 2 N–H and O–H groups in total. The average molecular weight is 169 g/mol. The number of ether oxygens (including phenoxy) is 2. The van der Waals surface area contributed by atoms with Crippen molar-refractivity contribution < 1.29 is 18.3 Å². The molecule has 0 radical (unpaired) electrons. The summed E-state index contributed by atoms with van der Waals surface area (Å²) in [4.78, 5) is 0. The molecule has 0 aromatic heterocycles. The van der Waals surface area contributed by atoms with Crippen molar-refractivity contribution >= 4 is 0 Å². The van der Waals surface area contributed by atoms with Crippen molar-refractivity contribution in [3.8, 4) is 0 Å². The van der Waals surface area contributed by atoms with Crippen molar-refractivity contribution in [3.05, 3.63) is 0 Å². The Kier molecular flexibility index (Phi) is 5.27. The van der Waals surface area contributed by atoms with E-state index in [9.17, 15) is 8.78 Å². The van der Waals surface area contributed by atoms with Gasteiger partial charge in [-0.25, -0.2) is 8.78 Å². The van der Waals surface area contributed by atoms with Gasteiger partial charge < -0.3 is 15.2 Å². The number of alkyl halides is 2. The van der Waals surface area contributed by atoms with E-state index in [4.69, 9.17) is 5.73 Å². The number of rotatable bonds is 5. The normalized spacial score (nSPS) is 14.5. The lowest BCUT2D eigenvalue weighted by molar-refractivity contribution is -0.115. The monoisotopic (exact) mass is 169 g/mol. The van der Waals surface area contributed by atoms with Crippen molar-refractivity contribution in [1.29, 1.82) is 0 Å². The highest BCUT2D eigenvalue weighted by atomic mass is 19.3. The molecular weight excluding hydrogens is 156 g/mol. The molecule has 0 heterocycles. The molecule has 0 saturated heterocycles. The molecule has 0 aliphatic carbocycles. The summed E-state index contributed by atoms with van der Waals surface area (Å²) < 4.78 is 33.0. The Hall–Kier alpha value is -0.260. The summed E-state index contributed by atoms with van der Waals surface area (Å²) in [5.74, 6) is 0. The number of hydrogen-bond acceptors (Lipinski definition) is 3. The van der Waals surface area contributed by atoms with Gasteiger partial charge in [-0.1, -0.05) is 0 Å². The van der Waals surface area contributed by atoms with Crippen LogP contribution in [0.5, 0.6) is 0 Å². The zero-order valence-electron chi connectivity index (χ0n) is 6.59. The minimum absolute atomic E-state index is 0.00463. The highest BCUT2D eigenvalue weighted by Gasteiger charge is 2.19. The van der Waals surface area contributed by atoms with Gasteiger partial charge in [0.05, 0.1) is 6.04 Å². The van der Waals surface area contributed by atoms with Gasteiger partial charge in [-0.2, -0.15) is 0 Å². The molecule has 0 saturated carbocycles. The molecule has 1 unspecified atom stereocenters. The van der Waals surface area contributed by atoms with Crippen LogP contribution in [0.3, 0.4) is 0 Å². The van der Waals surface area contributed by atoms with E-state index < -0.39 is 18.8 Å². The van der Waals surface area contributed by atoms with Gasteiger partial charge in [0.1, 0.15) is 0 Å². The molecule has 0 spiro atoms. The fourth-order valence-electron chi connectivity index (χ4n) is 0.614. The maximum Gasteiger partial charge on any atom is 0.253 e. The van der Waals surface area contributed by atoms with Crippen molar-refractivity contribution in [2.75, 3.05) is 14.2 Å². The SMILES string of the molecule is COC(CC(N)C(F)F)OC. The van der Waals surface area contributed by atoms with Gasteiger partial charge in [0.2, 0.25) is 0 Å². The fraction of sp³-hybridized carbons (Fsp3) is 1.00. The first-order valence-corrected chi connectivity index (χ1v) is 3.21. The van der Waals surface area contributed by atoms with Crippen LogP contribution < -0.4 is 5.73 Å². The third kappa shape index (κ3) is 4.23. The predicted molar refractivity (Wildman–Crippen MR) is 36.4 cm³/mol. The van der Waals surface area contributed by atoms with Gasteiger partial charge >= 0.3 is 0 Å². The van der Waals surface area contributed by atoms with Gasteiger partial charge in [0.25, 0.3) is 6.43 Å². The molecule has 0 fully saturated rings. The largest absolute Gasteiger partial charge is 0.356 e. The van der Waals surface area contributed by atoms with Crippen molar-refractivity contribution in [2.45, 2.75) is 25.2 Å². The number of hydrogen-bond donors (Lipinski definition) is 1. The second kappa shape index (κ2) is 5.40. The molecule has 68 valence electrons. The molecule has 0 bridgehead atoms. The Morgan fingerprint density at radius 2 is 1.73 bits per heavy atom.